The van der Waals surface area contributed by atoms with Gasteiger partial charge in [0.2, 0.25) is 5.91 Å². The summed E-state index contributed by atoms with van der Waals surface area (Å²) in [4.78, 5) is 26.7. The summed E-state index contributed by atoms with van der Waals surface area (Å²) in [7, 11) is 0. The van der Waals surface area contributed by atoms with Gasteiger partial charge in [-0.2, -0.15) is 0 Å². The summed E-state index contributed by atoms with van der Waals surface area (Å²) in [5.41, 5.74) is 11.0. The van der Waals surface area contributed by atoms with Gasteiger partial charge in [0.15, 0.2) is 11.5 Å². The Bertz CT molecular complexity index is 807. The number of hydrogen-bond acceptors (Lipinski definition) is 8. The second-order valence-electron chi connectivity index (χ2n) is 7.36. The molecule has 2 aromatic heterocycles. The van der Waals surface area contributed by atoms with Gasteiger partial charge < -0.3 is 31.1 Å². The molecule has 148 valence electrons. The SMILES string of the molecule is C[C@@]1(O)C[C@H](O)CN(C(=O)CCCCN)C[C@H]1n1cnc2c(N)ncnc21. The second kappa shape index (κ2) is 7.75. The topological polar surface area (TPSA) is 156 Å². The molecular formula is C17H27N7O3. The first kappa shape index (κ1) is 19.5. The normalized spacial score (nSPS) is 26.3. The van der Waals surface area contributed by atoms with Crippen molar-refractivity contribution in [1.29, 1.82) is 0 Å². The Hall–Kier alpha value is -2.30. The van der Waals surface area contributed by atoms with Crippen LogP contribution in [0.2, 0.25) is 0 Å². The third-order valence-corrected chi connectivity index (χ3v) is 5.11. The number of fused-ring (bicyclic) bond motifs is 1. The molecule has 3 rings (SSSR count). The molecule has 27 heavy (non-hydrogen) atoms. The lowest BCUT2D eigenvalue weighted by Gasteiger charge is -2.34. The quantitative estimate of drug-likeness (QED) is 0.504. The summed E-state index contributed by atoms with van der Waals surface area (Å²) in [6, 6.07) is -0.535. The summed E-state index contributed by atoms with van der Waals surface area (Å²) in [5, 5.41) is 21.4. The molecule has 6 N–H and O–H groups in total. The first-order valence-electron chi connectivity index (χ1n) is 9.14. The number of aliphatic hydroxyl groups is 2. The molecule has 0 aliphatic carbocycles. The molecule has 3 heterocycles. The monoisotopic (exact) mass is 377 g/mol. The zero-order chi connectivity index (χ0) is 19.6. The number of unbranched alkanes of at least 4 members (excludes halogenated alkanes) is 1. The van der Waals surface area contributed by atoms with E-state index in [9.17, 15) is 15.0 Å². The molecule has 1 fully saturated rings. The number of β-amino-alcohol motifs (C(OH)–C–C–N with tert-alkyl or cyclic N) is 1. The van der Waals surface area contributed by atoms with Crippen molar-refractivity contribution in [2.75, 3.05) is 25.4 Å². The van der Waals surface area contributed by atoms with E-state index in [2.05, 4.69) is 15.0 Å². The van der Waals surface area contributed by atoms with Gasteiger partial charge in [-0.15, -0.1) is 0 Å². The molecule has 0 bridgehead atoms. The van der Waals surface area contributed by atoms with E-state index in [1.54, 1.807) is 22.7 Å². The number of carbonyl (C=O) groups excluding carboxylic acids is 1. The van der Waals surface area contributed by atoms with Crippen LogP contribution in [-0.2, 0) is 4.79 Å². The number of imidazole rings is 1. The lowest BCUT2D eigenvalue weighted by molar-refractivity contribution is -0.132. The lowest BCUT2D eigenvalue weighted by atomic mass is 9.91. The van der Waals surface area contributed by atoms with Crippen LogP contribution in [0.5, 0.6) is 0 Å². The standard InChI is InChI=1S/C17H27N7O3/c1-17(27)6-11(25)7-23(13(26)4-2-3-5-18)8-12(17)24-10-22-14-15(19)20-9-21-16(14)24/h9-12,25,27H,2-8,18H2,1H3,(H2,19,20,21)/t11-,12+,17+/m0/s1. The molecule has 0 unspecified atom stereocenters. The number of amides is 1. The highest BCUT2D eigenvalue weighted by Crippen LogP contribution is 2.34. The number of aliphatic hydroxyl groups excluding tert-OH is 1. The minimum atomic E-state index is -1.26. The van der Waals surface area contributed by atoms with Crippen LogP contribution in [0.15, 0.2) is 12.7 Å². The zero-order valence-corrected chi connectivity index (χ0v) is 15.5. The van der Waals surface area contributed by atoms with Crippen molar-refractivity contribution in [2.24, 2.45) is 5.73 Å². The van der Waals surface area contributed by atoms with Crippen LogP contribution in [0.1, 0.15) is 38.6 Å². The van der Waals surface area contributed by atoms with Crippen molar-refractivity contribution in [3.05, 3.63) is 12.7 Å². The van der Waals surface area contributed by atoms with E-state index in [0.29, 0.717) is 30.6 Å². The average molecular weight is 377 g/mol. The molecule has 0 saturated carbocycles. The lowest BCUT2D eigenvalue weighted by Crippen LogP contribution is -2.42. The van der Waals surface area contributed by atoms with E-state index in [0.717, 1.165) is 6.42 Å². The molecule has 1 saturated heterocycles. The largest absolute Gasteiger partial charge is 0.391 e. The number of anilines is 1. The maximum Gasteiger partial charge on any atom is 0.222 e. The molecular weight excluding hydrogens is 350 g/mol. The van der Waals surface area contributed by atoms with Crippen molar-refractivity contribution < 1.29 is 15.0 Å². The van der Waals surface area contributed by atoms with Crippen LogP contribution in [0.3, 0.4) is 0 Å². The molecule has 10 nitrogen and oxygen atoms in total. The van der Waals surface area contributed by atoms with Gasteiger partial charge in [0.1, 0.15) is 11.8 Å². The number of hydrogen-bond donors (Lipinski definition) is 4. The molecule has 0 radical (unpaired) electrons. The highest BCUT2D eigenvalue weighted by Gasteiger charge is 2.41. The van der Waals surface area contributed by atoms with E-state index in [1.165, 1.54) is 6.33 Å². The number of carbonyl (C=O) groups is 1. The minimum absolute atomic E-state index is 0.0660. The number of nitrogens with two attached hydrogens (primary N) is 2. The average Bonchev–Trinajstić information content (AvgIpc) is 2.97. The van der Waals surface area contributed by atoms with E-state index >= 15 is 0 Å². The van der Waals surface area contributed by atoms with Crippen molar-refractivity contribution in [2.45, 2.75) is 50.4 Å². The molecule has 3 atom stereocenters. The van der Waals surface area contributed by atoms with Gasteiger partial charge >= 0.3 is 0 Å². The molecule has 10 heteroatoms. The molecule has 1 amide bonds. The van der Waals surface area contributed by atoms with Gasteiger partial charge in [-0.05, 0) is 26.3 Å². The number of rotatable bonds is 5. The van der Waals surface area contributed by atoms with Gasteiger partial charge in [-0.1, -0.05) is 0 Å². The molecule has 1 aliphatic heterocycles. The smallest absolute Gasteiger partial charge is 0.222 e. The predicted octanol–water partition coefficient (Wildman–Crippen LogP) is -0.577. The van der Waals surface area contributed by atoms with Crippen LogP contribution < -0.4 is 11.5 Å². The Morgan fingerprint density at radius 3 is 2.85 bits per heavy atom. The fourth-order valence-corrected chi connectivity index (χ4v) is 3.68. The maximum absolute atomic E-state index is 12.6. The van der Waals surface area contributed by atoms with Gasteiger partial charge in [0, 0.05) is 25.9 Å². The molecule has 0 aromatic carbocycles. The Morgan fingerprint density at radius 1 is 1.33 bits per heavy atom. The first-order valence-corrected chi connectivity index (χ1v) is 9.14. The number of nitrogen functional groups attached to an aromatic ring is 1. The summed E-state index contributed by atoms with van der Waals surface area (Å²) >= 11 is 0. The zero-order valence-electron chi connectivity index (χ0n) is 15.5. The van der Waals surface area contributed by atoms with Gasteiger partial charge in [-0.3, -0.25) is 4.79 Å². The Kier molecular flexibility index (Phi) is 5.59. The Morgan fingerprint density at radius 2 is 2.11 bits per heavy atom. The van der Waals surface area contributed by atoms with Gasteiger partial charge in [0.25, 0.3) is 0 Å². The van der Waals surface area contributed by atoms with Crippen molar-refractivity contribution in [3.8, 4) is 0 Å². The van der Waals surface area contributed by atoms with Crippen molar-refractivity contribution in [3.63, 3.8) is 0 Å². The number of aromatic nitrogens is 4. The van der Waals surface area contributed by atoms with E-state index in [1.807, 2.05) is 0 Å². The fourth-order valence-electron chi connectivity index (χ4n) is 3.68. The number of likely N-dealkylation sites (tertiary alicyclic amines) is 1. The Labute approximate surface area is 157 Å². The fraction of sp³-hybridized carbons (Fsp3) is 0.647. The third-order valence-electron chi connectivity index (χ3n) is 5.11. The van der Waals surface area contributed by atoms with E-state index in [-0.39, 0.29) is 31.2 Å². The van der Waals surface area contributed by atoms with E-state index in [4.69, 9.17) is 11.5 Å². The predicted molar refractivity (Wildman–Crippen MR) is 99.5 cm³/mol. The Balaban J connectivity index is 1.93. The van der Waals surface area contributed by atoms with Crippen molar-refractivity contribution in [1.82, 2.24) is 24.4 Å². The molecule has 1 aliphatic rings. The highest BCUT2D eigenvalue weighted by atomic mass is 16.3. The summed E-state index contributed by atoms with van der Waals surface area (Å²) in [6.45, 7) is 2.60. The van der Waals surface area contributed by atoms with E-state index < -0.39 is 17.7 Å². The van der Waals surface area contributed by atoms with Crippen molar-refractivity contribution >= 4 is 22.9 Å². The van der Waals surface area contributed by atoms with Crippen LogP contribution >= 0.6 is 0 Å². The van der Waals surface area contributed by atoms with Crippen LogP contribution in [0.25, 0.3) is 11.2 Å². The molecule has 0 spiro atoms. The van der Waals surface area contributed by atoms with Gasteiger partial charge in [-0.25, -0.2) is 15.0 Å². The summed E-state index contributed by atoms with van der Waals surface area (Å²) < 4.78 is 1.71. The third kappa shape index (κ3) is 4.02. The minimum Gasteiger partial charge on any atom is -0.391 e. The van der Waals surface area contributed by atoms with Crippen LogP contribution in [-0.4, -0.2) is 71.9 Å². The molecule has 2 aromatic rings. The highest BCUT2D eigenvalue weighted by molar-refractivity contribution is 5.81. The second-order valence-corrected chi connectivity index (χ2v) is 7.36. The number of nitrogens with zero attached hydrogens (tertiary/aromatic N) is 5. The van der Waals surface area contributed by atoms with Crippen LogP contribution in [0.4, 0.5) is 5.82 Å². The maximum atomic E-state index is 12.6. The summed E-state index contributed by atoms with van der Waals surface area (Å²) in [6.07, 6.45) is 4.02. The summed E-state index contributed by atoms with van der Waals surface area (Å²) in [5.74, 6) is 0.186. The first-order chi connectivity index (χ1) is 12.8. The van der Waals surface area contributed by atoms with Gasteiger partial charge in [0.05, 0.1) is 24.1 Å². The van der Waals surface area contributed by atoms with Crippen LogP contribution in [0, 0.1) is 0 Å².